The van der Waals surface area contributed by atoms with E-state index < -0.39 is 11.9 Å². The van der Waals surface area contributed by atoms with Crippen molar-refractivity contribution in [1.29, 1.82) is 0 Å². The van der Waals surface area contributed by atoms with Crippen LogP contribution in [0, 0.1) is 5.82 Å². The van der Waals surface area contributed by atoms with Gasteiger partial charge in [-0.2, -0.15) is 4.98 Å². The summed E-state index contributed by atoms with van der Waals surface area (Å²) in [4.78, 5) is 18.7. The lowest BCUT2D eigenvalue weighted by atomic mass is 9.94. The molecule has 0 unspecified atom stereocenters. The first kappa shape index (κ1) is 16.2. The molecule has 2 aliphatic rings. The quantitative estimate of drug-likeness (QED) is 0.901. The maximum Gasteiger partial charge on any atom is 0.239 e. The van der Waals surface area contributed by atoms with Gasteiger partial charge in [0.2, 0.25) is 11.8 Å². The molecule has 0 bridgehead atoms. The molecule has 1 saturated heterocycles. The van der Waals surface area contributed by atoms with E-state index in [1.807, 2.05) is 4.90 Å². The van der Waals surface area contributed by atoms with Gasteiger partial charge in [-0.05, 0) is 49.9 Å². The van der Waals surface area contributed by atoms with Gasteiger partial charge in [0, 0.05) is 18.4 Å². The van der Waals surface area contributed by atoms with Crippen molar-refractivity contribution < 1.29 is 13.7 Å². The molecule has 132 valence electrons. The predicted molar refractivity (Wildman–Crippen MR) is 88.2 cm³/mol. The zero-order valence-electron chi connectivity index (χ0n) is 13.9. The number of nitrogens with zero attached hydrogens (tertiary/aromatic N) is 3. The van der Waals surface area contributed by atoms with Crippen molar-refractivity contribution in [2.75, 3.05) is 13.1 Å². The smallest absolute Gasteiger partial charge is 0.239 e. The molecule has 2 N–H and O–H groups in total. The number of piperidine rings is 1. The molecule has 2 atom stereocenters. The minimum atomic E-state index is -0.571. The third-order valence-electron chi connectivity index (χ3n) is 5.02. The van der Waals surface area contributed by atoms with Gasteiger partial charge < -0.3 is 10.3 Å². The Labute approximate surface area is 145 Å². The first-order valence-electron chi connectivity index (χ1n) is 8.74. The predicted octanol–water partition coefficient (Wildman–Crippen LogP) is 2.49. The highest BCUT2D eigenvalue weighted by Gasteiger charge is 2.35. The number of amides is 1. The zero-order chi connectivity index (χ0) is 17.4. The Bertz CT molecular complexity index is 757. The molecule has 7 heteroatoms. The first-order chi connectivity index (χ1) is 12.1. The van der Waals surface area contributed by atoms with Crippen LogP contribution in [0.5, 0.6) is 0 Å². The van der Waals surface area contributed by atoms with Crippen molar-refractivity contribution in [2.45, 2.75) is 43.6 Å². The maximum atomic E-state index is 13.2. The van der Waals surface area contributed by atoms with E-state index in [-0.39, 0.29) is 11.7 Å². The minimum absolute atomic E-state index is 0.118. The van der Waals surface area contributed by atoms with Gasteiger partial charge in [-0.1, -0.05) is 17.3 Å². The number of rotatable bonds is 5. The Morgan fingerprint density at radius 1 is 1.24 bits per heavy atom. The molecule has 1 amide bonds. The second kappa shape index (κ2) is 6.55. The van der Waals surface area contributed by atoms with E-state index in [1.165, 1.54) is 12.1 Å². The van der Waals surface area contributed by atoms with Crippen molar-refractivity contribution in [3.63, 3.8) is 0 Å². The van der Waals surface area contributed by atoms with Crippen LogP contribution in [0.4, 0.5) is 4.39 Å². The minimum Gasteiger partial charge on any atom is -0.368 e. The van der Waals surface area contributed by atoms with Crippen molar-refractivity contribution >= 4 is 5.91 Å². The molecule has 0 radical (unpaired) electrons. The lowest BCUT2D eigenvalue weighted by Gasteiger charge is -2.36. The molecule has 6 nitrogen and oxygen atoms in total. The molecule has 1 aliphatic heterocycles. The zero-order valence-corrected chi connectivity index (χ0v) is 13.9. The summed E-state index contributed by atoms with van der Waals surface area (Å²) in [5.74, 6) is 1.23. The first-order valence-corrected chi connectivity index (χ1v) is 8.74. The second-order valence-corrected chi connectivity index (χ2v) is 6.96. The van der Waals surface area contributed by atoms with Crippen molar-refractivity contribution in [3.05, 3.63) is 47.4 Å². The lowest BCUT2D eigenvalue weighted by Crippen LogP contribution is -2.43. The van der Waals surface area contributed by atoms with E-state index in [4.69, 9.17) is 10.3 Å². The number of halogens is 1. The summed E-state index contributed by atoms with van der Waals surface area (Å²) in [7, 11) is 0. The van der Waals surface area contributed by atoms with Crippen molar-refractivity contribution in [1.82, 2.24) is 15.0 Å². The molecular weight excluding hydrogens is 323 g/mol. The summed E-state index contributed by atoms with van der Waals surface area (Å²) in [5, 5.41) is 4.15. The van der Waals surface area contributed by atoms with E-state index >= 15 is 0 Å². The van der Waals surface area contributed by atoms with Crippen LogP contribution in [-0.4, -0.2) is 34.0 Å². The normalized spacial score (nSPS) is 22.7. The number of primary amides is 1. The van der Waals surface area contributed by atoms with Crippen LogP contribution < -0.4 is 5.73 Å². The Hall–Kier alpha value is -2.28. The Morgan fingerprint density at radius 3 is 2.68 bits per heavy atom. The molecule has 25 heavy (non-hydrogen) atoms. The standard InChI is InChI=1S/C18H21FN4O2/c19-14-7-5-11(6-8-14)15(16(20)24)23-9-1-2-13(10-23)17-21-18(25-22-17)12-3-4-12/h5-8,12-13,15H,1-4,9-10H2,(H2,20,24)/t13-,15-/m1/s1. The summed E-state index contributed by atoms with van der Waals surface area (Å²) in [5.41, 5.74) is 6.36. The van der Waals surface area contributed by atoms with Crippen molar-refractivity contribution in [2.24, 2.45) is 5.73 Å². The third kappa shape index (κ3) is 3.42. The third-order valence-corrected chi connectivity index (χ3v) is 5.02. The number of aromatic nitrogens is 2. The van der Waals surface area contributed by atoms with Crippen LogP contribution in [-0.2, 0) is 4.79 Å². The van der Waals surface area contributed by atoms with Crippen LogP contribution in [0.25, 0.3) is 0 Å². The molecule has 1 saturated carbocycles. The summed E-state index contributed by atoms with van der Waals surface area (Å²) >= 11 is 0. The number of hydrogen-bond acceptors (Lipinski definition) is 5. The van der Waals surface area contributed by atoms with Crippen LogP contribution in [0.1, 0.15) is 60.8 Å². The van der Waals surface area contributed by atoms with Crippen LogP contribution >= 0.6 is 0 Å². The molecule has 0 spiro atoms. The van der Waals surface area contributed by atoms with Gasteiger partial charge in [-0.3, -0.25) is 9.69 Å². The van der Waals surface area contributed by atoms with Gasteiger partial charge in [0.05, 0.1) is 0 Å². The van der Waals surface area contributed by atoms with Gasteiger partial charge in [-0.15, -0.1) is 0 Å². The number of likely N-dealkylation sites (tertiary alicyclic amines) is 1. The van der Waals surface area contributed by atoms with Gasteiger partial charge in [0.15, 0.2) is 5.82 Å². The number of nitrogens with two attached hydrogens (primary N) is 1. The fourth-order valence-electron chi connectivity index (χ4n) is 3.56. The molecule has 2 heterocycles. The highest BCUT2D eigenvalue weighted by atomic mass is 19.1. The molecule has 1 aliphatic carbocycles. The largest absolute Gasteiger partial charge is 0.368 e. The number of carbonyl (C=O) groups excluding carboxylic acids is 1. The highest BCUT2D eigenvalue weighted by molar-refractivity contribution is 5.81. The van der Waals surface area contributed by atoms with E-state index in [0.29, 0.717) is 23.9 Å². The summed E-state index contributed by atoms with van der Waals surface area (Å²) in [6.07, 6.45) is 4.11. The van der Waals surface area contributed by atoms with Crippen LogP contribution in [0.2, 0.25) is 0 Å². The highest BCUT2D eigenvalue weighted by Crippen LogP contribution is 2.40. The maximum absolute atomic E-state index is 13.2. The SMILES string of the molecule is NC(=O)[C@@H](c1ccc(F)cc1)N1CCC[C@@H](c2noc(C3CC3)n2)C1. The fraction of sp³-hybridized carbons (Fsp3) is 0.500. The molecule has 4 rings (SSSR count). The Morgan fingerprint density at radius 2 is 2.00 bits per heavy atom. The Balaban J connectivity index is 1.53. The van der Waals surface area contributed by atoms with Crippen LogP contribution in [0.3, 0.4) is 0 Å². The summed E-state index contributed by atoms with van der Waals surface area (Å²) in [6.45, 7) is 1.39. The molecular formula is C18H21FN4O2. The summed E-state index contributed by atoms with van der Waals surface area (Å²) < 4.78 is 18.6. The van der Waals surface area contributed by atoms with E-state index in [9.17, 15) is 9.18 Å². The van der Waals surface area contributed by atoms with Crippen molar-refractivity contribution in [3.8, 4) is 0 Å². The number of benzene rings is 1. The van der Waals surface area contributed by atoms with Gasteiger partial charge in [0.25, 0.3) is 0 Å². The summed E-state index contributed by atoms with van der Waals surface area (Å²) in [6, 6.07) is 5.38. The fourth-order valence-corrected chi connectivity index (χ4v) is 3.56. The average molecular weight is 344 g/mol. The van der Waals surface area contributed by atoms with E-state index in [2.05, 4.69) is 10.1 Å². The molecule has 2 aromatic rings. The molecule has 1 aromatic carbocycles. The number of carbonyl (C=O) groups is 1. The van der Waals surface area contributed by atoms with Gasteiger partial charge in [-0.25, -0.2) is 4.39 Å². The second-order valence-electron chi connectivity index (χ2n) is 6.96. The van der Waals surface area contributed by atoms with E-state index in [1.54, 1.807) is 12.1 Å². The van der Waals surface area contributed by atoms with E-state index in [0.717, 1.165) is 38.1 Å². The van der Waals surface area contributed by atoms with Gasteiger partial charge >= 0.3 is 0 Å². The lowest BCUT2D eigenvalue weighted by molar-refractivity contribution is -0.124. The average Bonchev–Trinajstić information content (AvgIpc) is 3.34. The topological polar surface area (TPSA) is 85.3 Å². The van der Waals surface area contributed by atoms with Gasteiger partial charge in [0.1, 0.15) is 11.9 Å². The number of hydrogen-bond donors (Lipinski definition) is 1. The monoisotopic (exact) mass is 344 g/mol. The van der Waals surface area contributed by atoms with Crippen LogP contribution in [0.15, 0.2) is 28.8 Å². The Kier molecular flexibility index (Phi) is 4.25. The molecule has 1 aromatic heterocycles. The molecule has 2 fully saturated rings.